The van der Waals surface area contributed by atoms with Crippen LogP contribution in [0, 0.1) is 24.4 Å². The van der Waals surface area contributed by atoms with Gasteiger partial charge in [0.05, 0.1) is 19.3 Å². The molecule has 0 bridgehead atoms. The standard InChI is InChI=1S/C17H15F3N2O3/c1-9-3-4-10(7-13(9)25-2)17(24)21-8-14(23)22-12-6-5-11(18)15(19)16(12)20/h3-7H,8H2,1-2H3,(H,21,24)(H,22,23). The van der Waals surface area contributed by atoms with Crippen molar-refractivity contribution in [2.45, 2.75) is 6.92 Å². The second-order valence-electron chi connectivity index (χ2n) is 5.14. The van der Waals surface area contributed by atoms with Crippen LogP contribution < -0.4 is 15.4 Å². The Hall–Kier alpha value is -3.03. The number of anilines is 1. The third-order valence-corrected chi connectivity index (χ3v) is 3.39. The monoisotopic (exact) mass is 352 g/mol. The molecule has 0 saturated carbocycles. The molecule has 2 amide bonds. The maximum atomic E-state index is 13.5. The molecular formula is C17H15F3N2O3. The Morgan fingerprint density at radius 3 is 2.48 bits per heavy atom. The minimum atomic E-state index is -1.69. The van der Waals surface area contributed by atoms with Gasteiger partial charge in [-0.2, -0.15) is 0 Å². The van der Waals surface area contributed by atoms with Gasteiger partial charge in [0.2, 0.25) is 5.91 Å². The van der Waals surface area contributed by atoms with Crippen molar-refractivity contribution in [1.82, 2.24) is 5.32 Å². The molecular weight excluding hydrogens is 337 g/mol. The minimum Gasteiger partial charge on any atom is -0.496 e. The van der Waals surface area contributed by atoms with Crippen LogP contribution in [0.3, 0.4) is 0 Å². The molecule has 132 valence electrons. The fraction of sp³-hybridized carbons (Fsp3) is 0.176. The summed E-state index contributed by atoms with van der Waals surface area (Å²) in [5.74, 6) is -5.38. The first-order chi connectivity index (χ1) is 11.8. The largest absolute Gasteiger partial charge is 0.496 e. The topological polar surface area (TPSA) is 67.4 Å². The van der Waals surface area contributed by atoms with Gasteiger partial charge in [0.25, 0.3) is 5.91 Å². The SMILES string of the molecule is COc1cc(C(=O)NCC(=O)Nc2ccc(F)c(F)c2F)ccc1C. The zero-order valence-electron chi connectivity index (χ0n) is 13.5. The highest BCUT2D eigenvalue weighted by atomic mass is 19.2. The summed E-state index contributed by atoms with van der Waals surface area (Å²) >= 11 is 0. The second-order valence-corrected chi connectivity index (χ2v) is 5.14. The summed E-state index contributed by atoms with van der Waals surface area (Å²) in [4.78, 5) is 23.8. The van der Waals surface area contributed by atoms with Crippen molar-refractivity contribution in [3.63, 3.8) is 0 Å². The van der Waals surface area contributed by atoms with Crippen molar-refractivity contribution in [1.29, 1.82) is 0 Å². The van der Waals surface area contributed by atoms with Crippen molar-refractivity contribution in [2.24, 2.45) is 0 Å². The first-order valence-corrected chi connectivity index (χ1v) is 7.19. The molecule has 0 fully saturated rings. The van der Waals surface area contributed by atoms with Crippen LogP contribution >= 0.6 is 0 Å². The quantitative estimate of drug-likeness (QED) is 0.813. The third kappa shape index (κ3) is 4.28. The Morgan fingerprint density at radius 2 is 1.80 bits per heavy atom. The molecule has 2 rings (SSSR count). The fourth-order valence-electron chi connectivity index (χ4n) is 2.04. The zero-order valence-corrected chi connectivity index (χ0v) is 13.5. The van der Waals surface area contributed by atoms with Gasteiger partial charge >= 0.3 is 0 Å². The lowest BCUT2D eigenvalue weighted by molar-refractivity contribution is -0.115. The number of ether oxygens (including phenoxy) is 1. The number of rotatable bonds is 5. The molecule has 2 aromatic carbocycles. The van der Waals surface area contributed by atoms with Crippen molar-refractivity contribution in [3.05, 3.63) is 58.9 Å². The number of hydrogen-bond acceptors (Lipinski definition) is 3. The van der Waals surface area contributed by atoms with Gasteiger partial charge in [-0.05, 0) is 36.8 Å². The van der Waals surface area contributed by atoms with E-state index >= 15 is 0 Å². The molecule has 0 atom stereocenters. The summed E-state index contributed by atoms with van der Waals surface area (Å²) in [7, 11) is 1.47. The van der Waals surface area contributed by atoms with Crippen LogP contribution in [-0.2, 0) is 4.79 Å². The second kappa shape index (κ2) is 7.69. The number of hydrogen-bond donors (Lipinski definition) is 2. The van der Waals surface area contributed by atoms with E-state index in [0.29, 0.717) is 11.8 Å². The molecule has 5 nitrogen and oxygen atoms in total. The Balaban J connectivity index is 1.98. The van der Waals surface area contributed by atoms with E-state index in [9.17, 15) is 22.8 Å². The number of methoxy groups -OCH3 is 1. The van der Waals surface area contributed by atoms with Gasteiger partial charge in [-0.15, -0.1) is 0 Å². The van der Waals surface area contributed by atoms with Crippen LogP contribution in [0.4, 0.5) is 18.9 Å². The highest BCUT2D eigenvalue weighted by Gasteiger charge is 2.16. The van der Waals surface area contributed by atoms with Crippen LogP contribution in [0.25, 0.3) is 0 Å². The number of benzene rings is 2. The maximum absolute atomic E-state index is 13.5. The molecule has 0 radical (unpaired) electrons. The van der Waals surface area contributed by atoms with Gasteiger partial charge in [-0.1, -0.05) is 6.07 Å². The van der Waals surface area contributed by atoms with E-state index in [1.165, 1.54) is 13.2 Å². The third-order valence-electron chi connectivity index (χ3n) is 3.39. The predicted octanol–water partition coefficient (Wildman–Crippen LogP) is 2.79. The smallest absolute Gasteiger partial charge is 0.251 e. The first-order valence-electron chi connectivity index (χ1n) is 7.19. The summed E-state index contributed by atoms with van der Waals surface area (Å²) in [6.45, 7) is 1.33. The van der Waals surface area contributed by atoms with Crippen LogP contribution in [-0.4, -0.2) is 25.5 Å². The van der Waals surface area contributed by atoms with Crippen molar-refractivity contribution in [2.75, 3.05) is 19.0 Å². The van der Waals surface area contributed by atoms with Gasteiger partial charge < -0.3 is 15.4 Å². The highest BCUT2D eigenvalue weighted by molar-refractivity contribution is 5.99. The van der Waals surface area contributed by atoms with Gasteiger partial charge in [-0.25, -0.2) is 13.2 Å². The van der Waals surface area contributed by atoms with E-state index in [4.69, 9.17) is 4.74 Å². The Kier molecular flexibility index (Phi) is 5.63. The molecule has 0 saturated heterocycles. The lowest BCUT2D eigenvalue weighted by Gasteiger charge is -2.10. The predicted molar refractivity (Wildman–Crippen MR) is 85.0 cm³/mol. The molecule has 2 aromatic rings. The lowest BCUT2D eigenvalue weighted by Crippen LogP contribution is -2.33. The molecule has 0 spiro atoms. The van der Waals surface area contributed by atoms with E-state index in [0.717, 1.165) is 11.6 Å². The Bertz CT molecular complexity index is 825. The highest BCUT2D eigenvalue weighted by Crippen LogP contribution is 2.20. The van der Waals surface area contributed by atoms with E-state index < -0.39 is 41.5 Å². The number of aryl methyl sites for hydroxylation is 1. The summed E-state index contributed by atoms with van der Waals surface area (Å²) in [5, 5.41) is 4.40. The van der Waals surface area contributed by atoms with Gasteiger partial charge in [0.1, 0.15) is 5.75 Å². The van der Waals surface area contributed by atoms with Crippen molar-refractivity contribution in [3.8, 4) is 5.75 Å². The maximum Gasteiger partial charge on any atom is 0.251 e. The van der Waals surface area contributed by atoms with Gasteiger partial charge in [-0.3, -0.25) is 9.59 Å². The number of carbonyl (C=O) groups is 2. The average molecular weight is 352 g/mol. The average Bonchev–Trinajstić information content (AvgIpc) is 2.60. The lowest BCUT2D eigenvalue weighted by atomic mass is 10.1. The molecule has 0 heterocycles. The Morgan fingerprint density at radius 1 is 1.08 bits per heavy atom. The van der Waals surface area contributed by atoms with Crippen LogP contribution in [0.2, 0.25) is 0 Å². The normalized spacial score (nSPS) is 10.3. The number of halogens is 3. The first kappa shape index (κ1) is 18.3. The van der Waals surface area contributed by atoms with E-state index in [2.05, 4.69) is 10.6 Å². The van der Waals surface area contributed by atoms with E-state index in [1.807, 2.05) is 6.92 Å². The summed E-state index contributed by atoms with van der Waals surface area (Å²) in [6, 6.07) is 6.33. The number of amides is 2. The molecule has 0 aromatic heterocycles. The van der Waals surface area contributed by atoms with Crippen molar-refractivity contribution < 1.29 is 27.5 Å². The summed E-state index contributed by atoms with van der Waals surface area (Å²) in [6.07, 6.45) is 0. The molecule has 0 aliphatic carbocycles. The van der Waals surface area contributed by atoms with Crippen molar-refractivity contribution >= 4 is 17.5 Å². The molecule has 0 aliphatic rings. The molecule has 2 N–H and O–H groups in total. The minimum absolute atomic E-state index is 0.272. The molecule has 8 heteroatoms. The van der Waals surface area contributed by atoms with E-state index in [1.54, 1.807) is 12.1 Å². The number of nitrogens with one attached hydrogen (secondary N) is 2. The van der Waals surface area contributed by atoms with Crippen LogP contribution in [0.5, 0.6) is 5.75 Å². The molecule has 25 heavy (non-hydrogen) atoms. The Labute approximate surface area is 141 Å². The molecule has 0 unspecified atom stereocenters. The van der Waals surface area contributed by atoms with Crippen LogP contribution in [0.1, 0.15) is 15.9 Å². The summed E-state index contributed by atoms with van der Waals surface area (Å²) in [5.41, 5.74) is 0.593. The van der Waals surface area contributed by atoms with Gasteiger partial charge in [0.15, 0.2) is 17.5 Å². The van der Waals surface area contributed by atoms with E-state index in [-0.39, 0.29) is 5.56 Å². The van der Waals surface area contributed by atoms with Gasteiger partial charge in [0, 0.05) is 5.56 Å². The summed E-state index contributed by atoms with van der Waals surface area (Å²) < 4.78 is 44.5. The zero-order chi connectivity index (χ0) is 18.6. The molecule has 0 aliphatic heterocycles. The number of carbonyl (C=O) groups excluding carboxylic acids is 2. The van der Waals surface area contributed by atoms with Crippen LogP contribution in [0.15, 0.2) is 30.3 Å². The fourth-order valence-corrected chi connectivity index (χ4v) is 2.04.